The molecule has 0 heterocycles. The Hall–Kier alpha value is -0.610. The van der Waals surface area contributed by atoms with Crippen LogP contribution < -0.4 is 10.6 Å². The third kappa shape index (κ3) is 5.14. The fourth-order valence-electron chi connectivity index (χ4n) is 2.02. The molecule has 0 bridgehead atoms. The van der Waals surface area contributed by atoms with Crippen LogP contribution in [-0.4, -0.2) is 36.2 Å². The van der Waals surface area contributed by atoms with Gasteiger partial charge in [0.1, 0.15) is 0 Å². The van der Waals surface area contributed by atoms with E-state index in [4.69, 9.17) is 0 Å². The normalized spacial score (nSPS) is 27.1. The van der Waals surface area contributed by atoms with Gasteiger partial charge in [0.05, 0.1) is 6.10 Å². The van der Waals surface area contributed by atoms with Crippen molar-refractivity contribution in [1.82, 2.24) is 10.6 Å². The quantitative estimate of drug-likeness (QED) is 0.469. The fraction of sp³-hybridized carbons (Fsp3) is 0.909. The lowest BCUT2D eigenvalue weighted by molar-refractivity contribution is -0.118. The van der Waals surface area contributed by atoms with E-state index < -0.39 is 0 Å². The van der Waals surface area contributed by atoms with E-state index in [-0.39, 0.29) is 18.1 Å². The van der Waals surface area contributed by atoms with E-state index in [1.54, 1.807) is 0 Å². The second-order valence-electron chi connectivity index (χ2n) is 4.25. The van der Waals surface area contributed by atoms with Crippen LogP contribution in [0.5, 0.6) is 0 Å². The second kappa shape index (κ2) is 6.80. The van der Waals surface area contributed by atoms with Crippen molar-refractivity contribution in [3.63, 3.8) is 0 Å². The van der Waals surface area contributed by atoms with E-state index in [0.717, 1.165) is 25.8 Å². The first-order chi connectivity index (χ1) is 7.20. The molecule has 0 spiro atoms. The van der Waals surface area contributed by atoms with E-state index >= 15 is 0 Å². The maximum Gasteiger partial charge on any atom is 0.216 e. The monoisotopic (exact) mass is 214 g/mol. The van der Waals surface area contributed by atoms with Gasteiger partial charge in [-0.15, -0.1) is 0 Å². The Morgan fingerprint density at radius 3 is 2.73 bits per heavy atom. The minimum absolute atomic E-state index is 0.00165. The van der Waals surface area contributed by atoms with Gasteiger partial charge in [-0.25, -0.2) is 0 Å². The number of hydrogen-bond acceptors (Lipinski definition) is 3. The lowest BCUT2D eigenvalue weighted by Crippen LogP contribution is -2.42. The first-order valence-corrected chi connectivity index (χ1v) is 5.86. The molecular formula is C11H22N2O2. The zero-order valence-corrected chi connectivity index (χ0v) is 9.46. The molecule has 2 unspecified atom stereocenters. The Labute approximate surface area is 91.4 Å². The lowest BCUT2D eigenvalue weighted by atomic mass is 10.1. The molecule has 15 heavy (non-hydrogen) atoms. The molecule has 0 saturated heterocycles. The molecule has 0 aliphatic heterocycles. The average Bonchev–Trinajstić information content (AvgIpc) is 2.38. The van der Waals surface area contributed by atoms with E-state index in [2.05, 4.69) is 10.6 Å². The molecule has 0 aromatic carbocycles. The van der Waals surface area contributed by atoms with Crippen molar-refractivity contribution >= 4 is 5.91 Å². The molecule has 0 radical (unpaired) electrons. The maximum atomic E-state index is 10.6. The highest BCUT2D eigenvalue weighted by atomic mass is 16.3. The highest BCUT2D eigenvalue weighted by molar-refractivity contribution is 5.72. The van der Waals surface area contributed by atoms with Crippen LogP contribution in [0.15, 0.2) is 0 Å². The molecule has 1 saturated carbocycles. The van der Waals surface area contributed by atoms with Crippen LogP contribution in [0.3, 0.4) is 0 Å². The van der Waals surface area contributed by atoms with Gasteiger partial charge in [0.25, 0.3) is 0 Å². The number of aliphatic hydroxyl groups excluding tert-OH is 1. The Balaban J connectivity index is 2.15. The molecule has 1 aliphatic carbocycles. The summed E-state index contributed by atoms with van der Waals surface area (Å²) in [5, 5.41) is 15.8. The molecule has 88 valence electrons. The lowest BCUT2D eigenvalue weighted by Gasteiger charge is -2.21. The second-order valence-corrected chi connectivity index (χ2v) is 4.25. The van der Waals surface area contributed by atoms with E-state index in [0.29, 0.717) is 6.54 Å². The van der Waals surface area contributed by atoms with Gasteiger partial charge in [0.2, 0.25) is 5.91 Å². The van der Waals surface area contributed by atoms with Crippen molar-refractivity contribution in [2.24, 2.45) is 0 Å². The highest BCUT2D eigenvalue weighted by Gasteiger charge is 2.20. The van der Waals surface area contributed by atoms with Crippen LogP contribution in [0.25, 0.3) is 0 Å². The van der Waals surface area contributed by atoms with Crippen molar-refractivity contribution in [3.05, 3.63) is 0 Å². The van der Waals surface area contributed by atoms with E-state index in [1.807, 2.05) is 0 Å². The molecule has 0 aromatic rings. The summed E-state index contributed by atoms with van der Waals surface area (Å²) in [6.45, 7) is 2.89. The van der Waals surface area contributed by atoms with Crippen LogP contribution >= 0.6 is 0 Å². The predicted molar refractivity (Wildman–Crippen MR) is 59.6 cm³/mol. The number of nitrogens with one attached hydrogen (secondary N) is 2. The Kier molecular flexibility index (Phi) is 5.65. The zero-order chi connectivity index (χ0) is 11.1. The molecule has 4 heteroatoms. The first kappa shape index (κ1) is 12.5. The molecule has 4 nitrogen and oxygen atoms in total. The van der Waals surface area contributed by atoms with Crippen LogP contribution in [0.2, 0.25) is 0 Å². The van der Waals surface area contributed by atoms with Crippen LogP contribution in [0.4, 0.5) is 0 Å². The van der Waals surface area contributed by atoms with Crippen molar-refractivity contribution in [2.75, 3.05) is 13.1 Å². The minimum Gasteiger partial charge on any atom is -0.392 e. The van der Waals surface area contributed by atoms with Gasteiger partial charge in [-0.2, -0.15) is 0 Å². The summed E-state index contributed by atoms with van der Waals surface area (Å²) < 4.78 is 0. The third-order valence-corrected chi connectivity index (χ3v) is 2.88. The number of rotatable bonds is 4. The summed E-state index contributed by atoms with van der Waals surface area (Å²) in [7, 11) is 0. The maximum absolute atomic E-state index is 10.6. The van der Waals surface area contributed by atoms with Gasteiger partial charge in [-0.1, -0.05) is 19.3 Å². The summed E-state index contributed by atoms with van der Waals surface area (Å²) >= 11 is 0. The highest BCUT2D eigenvalue weighted by Crippen LogP contribution is 2.17. The summed E-state index contributed by atoms with van der Waals surface area (Å²) in [4.78, 5) is 10.6. The number of aliphatic hydroxyl groups is 1. The Morgan fingerprint density at radius 2 is 2.00 bits per heavy atom. The Morgan fingerprint density at radius 1 is 1.27 bits per heavy atom. The van der Waals surface area contributed by atoms with Gasteiger partial charge in [-0.3, -0.25) is 4.79 Å². The molecule has 2 atom stereocenters. The van der Waals surface area contributed by atoms with Crippen molar-refractivity contribution in [2.45, 2.75) is 51.2 Å². The molecule has 3 N–H and O–H groups in total. The molecule has 0 aromatic heterocycles. The predicted octanol–water partition coefficient (Wildman–Crippen LogP) is 0.406. The van der Waals surface area contributed by atoms with Gasteiger partial charge < -0.3 is 15.7 Å². The van der Waals surface area contributed by atoms with Gasteiger partial charge in [0, 0.05) is 26.1 Å². The largest absolute Gasteiger partial charge is 0.392 e. The van der Waals surface area contributed by atoms with Crippen molar-refractivity contribution in [3.8, 4) is 0 Å². The summed E-state index contributed by atoms with van der Waals surface area (Å²) in [5.41, 5.74) is 0. The van der Waals surface area contributed by atoms with E-state index in [1.165, 1.54) is 19.8 Å². The standard InChI is InChI=1S/C11H22N2O2/c1-9(14)12-7-8-13-10-5-3-2-4-6-11(10)15/h10-11,13,15H,2-8H2,1H3,(H,12,14). The van der Waals surface area contributed by atoms with Crippen LogP contribution in [0, 0.1) is 0 Å². The number of amides is 1. The molecule has 1 aliphatic rings. The number of carbonyl (C=O) groups excluding carboxylic acids is 1. The smallest absolute Gasteiger partial charge is 0.216 e. The molecule has 1 amide bonds. The number of hydrogen-bond donors (Lipinski definition) is 3. The van der Waals surface area contributed by atoms with Gasteiger partial charge in [0.15, 0.2) is 0 Å². The van der Waals surface area contributed by atoms with Gasteiger partial charge in [-0.05, 0) is 12.8 Å². The third-order valence-electron chi connectivity index (χ3n) is 2.88. The first-order valence-electron chi connectivity index (χ1n) is 5.86. The topological polar surface area (TPSA) is 61.4 Å². The van der Waals surface area contributed by atoms with Gasteiger partial charge >= 0.3 is 0 Å². The SMILES string of the molecule is CC(=O)NCCNC1CCCCCC1O. The number of carbonyl (C=O) groups is 1. The van der Waals surface area contributed by atoms with Crippen molar-refractivity contribution in [1.29, 1.82) is 0 Å². The molecular weight excluding hydrogens is 192 g/mol. The molecule has 1 fully saturated rings. The van der Waals surface area contributed by atoms with Crippen LogP contribution in [-0.2, 0) is 4.79 Å². The average molecular weight is 214 g/mol. The molecule has 1 rings (SSSR count). The minimum atomic E-state index is -0.218. The summed E-state index contributed by atoms with van der Waals surface area (Å²) in [6, 6.07) is 0.209. The zero-order valence-electron chi connectivity index (χ0n) is 9.46. The summed E-state index contributed by atoms with van der Waals surface area (Å²) in [6.07, 6.45) is 5.27. The summed E-state index contributed by atoms with van der Waals surface area (Å²) in [5.74, 6) is -0.00165. The van der Waals surface area contributed by atoms with Crippen LogP contribution in [0.1, 0.15) is 39.0 Å². The fourth-order valence-corrected chi connectivity index (χ4v) is 2.02. The Bertz CT molecular complexity index is 197. The van der Waals surface area contributed by atoms with E-state index in [9.17, 15) is 9.90 Å². The van der Waals surface area contributed by atoms with Crippen molar-refractivity contribution < 1.29 is 9.90 Å².